The van der Waals surface area contributed by atoms with Crippen molar-refractivity contribution in [3.8, 4) is 0 Å². The summed E-state index contributed by atoms with van der Waals surface area (Å²) in [6.45, 7) is 3.64. The fourth-order valence-electron chi connectivity index (χ4n) is 4.59. The molecule has 0 aliphatic heterocycles. The zero-order chi connectivity index (χ0) is 28.2. The summed E-state index contributed by atoms with van der Waals surface area (Å²) in [6.07, 6.45) is 1.61. The van der Waals surface area contributed by atoms with Crippen molar-refractivity contribution in [3.63, 3.8) is 0 Å². The first-order valence-corrected chi connectivity index (χ1v) is 14.1. The van der Waals surface area contributed by atoms with Crippen LogP contribution < -0.4 is 10.0 Å². The lowest BCUT2D eigenvalue weighted by Crippen LogP contribution is -2.55. The maximum absolute atomic E-state index is 13.6. The Kier molecular flexibility index (Phi) is 8.76. The summed E-state index contributed by atoms with van der Waals surface area (Å²) < 4.78 is 29.8. The van der Waals surface area contributed by atoms with Crippen LogP contribution in [0.25, 0.3) is 21.7 Å². The van der Waals surface area contributed by atoms with Crippen molar-refractivity contribution in [1.29, 1.82) is 0 Å². The molecule has 4 aromatic rings. The number of amides is 1. The maximum Gasteiger partial charge on any atom is 0.529 e. The van der Waals surface area contributed by atoms with Gasteiger partial charge in [-0.25, -0.2) is 8.42 Å². The largest absolute Gasteiger partial charge is 0.529 e. The van der Waals surface area contributed by atoms with Gasteiger partial charge in [0.25, 0.3) is 0 Å². The second-order valence-corrected chi connectivity index (χ2v) is 11.5. The van der Waals surface area contributed by atoms with E-state index in [2.05, 4.69) is 15.0 Å². The molecular formula is C28H30BN3O6S. The van der Waals surface area contributed by atoms with E-state index in [0.717, 1.165) is 16.3 Å². The van der Waals surface area contributed by atoms with E-state index in [-0.39, 0.29) is 29.2 Å². The fraction of sp³-hybridized carbons (Fsp3) is 0.250. The first-order chi connectivity index (χ1) is 18.6. The van der Waals surface area contributed by atoms with Crippen molar-refractivity contribution in [2.45, 2.75) is 43.7 Å². The number of hydrogen-bond donors (Lipinski definition) is 4. The highest BCUT2D eigenvalue weighted by atomic mass is 32.2. The van der Waals surface area contributed by atoms with Gasteiger partial charge in [-0.1, -0.05) is 74.5 Å². The lowest BCUT2D eigenvalue weighted by atomic mass is 9.77. The summed E-state index contributed by atoms with van der Waals surface area (Å²) in [6, 6.07) is 18.7. The first kappa shape index (κ1) is 28.4. The molecule has 1 amide bonds. The minimum Gasteiger partial charge on any atom is -0.421 e. The third-order valence-corrected chi connectivity index (χ3v) is 7.93. The fourth-order valence-corrected chi connectivity index (χ4v) is 5.97. The van der Waals surface area contributed by atoms with E-state index in [0.29, 0.717) is 5.39 Å². The molecule has 0 saturated carbocycles. The van der Waals surface area contributed by atoms with Crippen LogP contribution >= 0.6 is 0 Å². The Morgan fingerprint density at radius 1 is 0.897 bits per heavy atom. The van der Waals surface area contributed by atoms with E-state index in [1.54, 1.807) is 24.3 Å². The molecule has 4 N–H and O–H groups in total. The highest BCUT2D eigenvalue weighted by molar-refractivity contribution is 7.89. The predicted octanol–water partition coefficient (Wildman–Crippen LogP) is 2.39. The molecule has 0 aliphatic rings. The van der Waals surface area contributed by atoms with Crippen LogP contribution in [-0.4, -0.2) is 54.2 Å². The van der Waals surface area contributed by atoms with Crippen molar-refractivity contribution in [1.82, 2.24) is 15.0 Å². The average Bonchev–Trinajstić information content (AvgIpc) is 2.91. The molecule has 202 valence electrons. The van der Waals surface area contributed by atoms with Crippen molar-refractivity contribution in [2.24, 2.45) is 5.92 Å². The van der Waals surface area contributed by atoms with Crippen LogP contribution in [0.2, 0.25) is 0 Å². The molecule has 11 heteroatoms. The molecule has 3 aromatic carbocycles. The number of hydrogen-bond acceptors (Lipinski definition) is 7. The molecule has 4 rings (SSSR count). The Balaban J connectivity index is 1.73. The number of fused-ring (bicyclic) bond motifs is 2. The highest BCUT2D eigenvalue weighted by Crippen LogP contribution is 2.23. The van der Waals surface area contributed by atoms with Gasteiger partial charge in [0, 0.05) is 11.6 Å². The Morgan fingerprint density at radius 3 is 2.31 bits per heavy atom. The van der Waals surface area contributed by atoms with Gasteiger partial charge in [0.1, 0.15) is 10.9 Å². The molecule has 0 saturated heterocycles. The summed E-state index contributed by atoms with van der Waals surface area (Å²) in [5, 5.41) is 23.9. The first-order valence-electron chi connectivity index (χ1n) is 12.6. The van der Waals surface area contributed by atoms with Gasteiger partial charge in [-0.05, 0) is 47.2 Å². The lowest BCUT2D eigenvalue weighted by molar-refractivity contribution is -0.127. The van der Waals surface area contributed by atoms with Gasteiger partial charge < -0.3 is 20.2 Å². The molecule has 9 nitrogen and oxygen atoms in total. The number of pyridine rings is 1. The quantitative estimate of drug-likeness (QED) is 0.211. The molecule has 2 atom stereocenters. The van der Waals surface area contributed by atoms with Gasteiger partial charge >= 0.3 is 7.12 Å². The Morgan fingerprint density at radius 2 is 1.56 bits per heavy atom. The summed E-state index contributed by atoms with van der Waals surface area (Å²) in [5.41, 5.74) is 0.0103. The van der Waals surface area contributed by atoms with E-state index in [1.807, 2.05) is 56.3 Å². The molecule has 0 unspecified atom stereocenters. The smallest absolute Gasteiger partial charge is 0.421 e. The van der Waals surface area contributed by atoms with E-state index in [9.17, 15) is 28.1 Å². The van der Waals surface area contributed by atoms with Gasteiger partial charge in [0.05, 0.1) is 11.6 Å². The summed E-state index contributed by atoms with van der Waals surface area (Å²) >= 11 is 0. The van der Waals surface area contributed by atoms with Crippen molar-refractivity contribution in [2.75, 3.05) is 0 Å². The number of nitrogens with one attached hydrogen (secondary N) is 2. The predicted molar refractivity (Wildman–Crippen MR) is 150 cm³/mol. The average molecular weight is 547 g/mol. The Bertz CT molecular complexity index is 1600. The molecule has 0 radical (unpaired) electrons. The van der Waals surface area contributed by atoms with Gasteiger partial charge in [0.2, 0.25) is 15.9 Å². The third kappa shape index (κ3) is 6.69. The molecule has 0 spiro atoms. The van der Waals surface area contributed by atoms with Crippen LogP contribution in [0.15, 0.2) is 83.9 Å². The number of rotatable bonds is 11. The minimum atomic E-state index is -4.26. The molecule has 0 aliphatic carbocycles. The van der Waals surface area contributed by atoms with Crippen molar-refractivity contribution >= 4 is 50.4 Å². The summed E-state index contributed by atoms with van der Waals surface area (Å²) in [4.78, 5) is 30.2. The van der Waals surface area contributed by atoms with Crippen molar-refractivity contribution in [3.05, 3.63) is 84.6 Å². The molecule has 0 bridgehead atoms. The highest BCUT2D eigenvalue weighted by Gasteiger charge is 2.34. The topological polar surface area (TPSA) is 146 Å². The number of aromatic nitrogens is 1. The van der Waals surface area contributed by atoms with Crippen LogP contribution in [0, 0.1) is 5.92 Å². The number of carbonyl (C=O) groups is 2. The minimum absolute atomic E-state index is 0.0190. The molecular weight excluding hydrogens is 517 g/mol. The second-order valence-electron chi connectivity index (χ2n) is 9.81. The number of nitrogens with zero attached hydrogens (tertiary/aromatic N) is 1. The lowest BCUT2D eigenvalue weighted by Gasteiger charge is -2.24. The number of benzene rings is 3. The van der Waals surface area contributed by atoms with Crippen LogP contribution in [0.1, 0.15) is 25.8 Å². The SMILES string of the molecule is CC(C)C[C@H](NC(=O)[C@H](Cc1cccc2ccccc12)NS(=O)(=O)c1cccc2cccnc12)C(=O)B(O)O. The van der Waals surface area contributed by atoms with Gasteiger partial charge in [-0.3, -0.25) is 9.78 Å². The van der Waals surface area contributed by atoms with E-state index < -0.39 is 40.8 Å². The van der Waals surface area contributed by atoms with E-state index in [1.165, 1.54) is 12.3 Å². The Hall–Kier alpha value is -3.64. The number of carbonyl (C=O) groups excluding carboxylic acids is 2. The Labute approximate surface area is 227 Å². The van der Waals surface area contributed by atoms with Gasteiger partial charge in [0.15, 0.2) is 5.68 Å². The maximum atomic E-state index is 13.6. The van der Waals surface area contributed by atoms with Gasteiger partial charge in [-0.2, -0.15) is 4.72 Å². The van der Waals surface area contributed by atoms with Crippen molar-refractivity contribution < 1.29 is 28.1 Å². The second kappa shape index (κ2) is 12.0. The van der Waals surface area contributed by atoms with Crippen LogP contribution in [0.3, 0.4) is 0 Å². The molecule has 39 heavy (non-hydrogen) atoms. The number of para-hydroxylation sites is 1. The van der Waals surface area contributed by atoms with Crippen LogP contribution in [-0.2, 0) is 26.0 Å². The molecule has 1 heterocycles. The zero-order valence-electron chi connectivity index (χ0n) is 21.6. The molecule has 0 fully saturated rings. The van der Waals surface area contributed by atoms with E-state index >= 15 is 0 Å². The van der Waals surface area contributed by atoms with E-state index in [4.69, 9.17) is 0 Å². The monoisotopic (exact) mass is 547 g/mol. The number of sulfonamides is 1. The standard InChI is InChI=1S/C28H30BN3O6S/c1-18(2)16-23(27(33)29(35)36)31-28(34)24(17-21-11-5-9-19-8-3-4-13-22(19)21)32-39(37,38)25-14-6-10-20-12-7-15-30-26(20)25/h3-15,18,23-24,32,35-36H,16-17H2,1-2H3,(H,31,34)/t23-,24-/m0/s1. The summed E-state index contributed by atoms with van der Waals surface area (Å²) in [5.74, 6) is -0.827. The zero-order valence-corrected chi connectivity index (χ0v) is 22.4. The van der Waals surface area contributed by atoms with Crippen LogP contribution in [0.4, 0.5) is 0 Å². The third-order valence-electron chi connectivity index (χ3n) is 6.42. The summed E-state index contributed by atoms with van der Waals surface area (Å²) in [7, 11) is -6.53. The normalized spacial score (nSPS) is 13.4. The van der Waals surface area contributed by atoms with Crippen LogP contribution in [0.5, 0.6) is 0 Å². The molecule has 1 aromatic heterocycles. The van der Waals surface area contributed by atoms with Gasteiger partial charge in [-0.15, -0.1) is 0 Å².